The number of amides is 1. The normalized spacial score (nSPS) is 17.0. The van der Waals surface area contributed by atoms with Gasteiger partial charge in [-0.05, 0) is 51.3 Å². The van der Waals surface area contributed by atoms with Gasteiger partial charge >= 0.3 is 5.97 Å². The monoisotopic (exact) mass is 377 g/mol. The van der Waals surface area contributed by atoms with Crippen molar-refractivity contribution < 1.29 is 23.8 Å². The van der Waals surface area contributed by atoms with E-state index in [4.69, 9.17) is 14.2 Å². The molecule has 0 saturated heterocycles. The molecule has 1 amide bonds. The van der Waals surface area contributed by atoms with Gasteiger partial charge < -0.3 is 19.5 Å². The molecule has 1 saturated carbocycles. The fourth-order valence-electron chi connectivity index (χ4n) is 3.27. The number of ether oxygens (including phenoxy) is 3. The molecule has 6 nitrogen and oxygen atoms in total. The smallest absolute Gasteiger partial charge is 0.341 e. The molecule has 1 aromatic carbocycles. The lowest BCUT2D eigenvalue weighted by atomic mass is 9.84. The minimum absolute atomic E-state index is 0.0300. The molecule has 27 heavy (non-hydrogen) atoms. The van der Waals surface area contributed by atoms with Crippen LogP contribution in [0.25, 0.3) is 0 Å². The van der Waals surface area contributed by atoms with Crippen molar-refractivity contribution in [2.75, 3.05) is 19.0 Å². The Morgan fingerprint density at radius 1 is 1.19 bits per heavy atom. The van der Waals surface area contributed by atoms with E-state index in [-0.39, 0.29) is 18.6 Å². The number of carbonyl (C=O) groups excluding carboxylic acids is 2. The molecule has 1 aliphatic rings. The number of benzene rings is 1. The third-order valence-electron chi connectivity index (χ3n) is 5.10. The quantitative estimate of drug-likeness (QED) is 0.683. The first-order valence-corrected chi connectivity index (χ1v) is 9.80. The predicted molar refractivity (Wildman–Crippen MR) is 104 cm³/mol. The Kier molecular flexibility index (Phi) is 7.66. The fraction of sp³-hybridized carbons (Fsp3) is 0.619. The van der Waals surface area contributed by atoms with Gasteiger partial charge in [-0.25, -0.2) is 4.79 Å². The highest BCUT2D eigenvalue weighted by atomic mass is 16.5. The number of hydrogen-bond acceptors (Lipinski definition) is 5. The van der Waals surface area contributed by atoms with E-state index in [9.17, 15) is 9.59 Å². The second-order valence-electron chi connectivity index (χ2n) is 6.98. The van der Waals surface area contributed by atoms with Crippen molar-refractivity contribution in [3.05, 3.63) is 23.8 Å². The SMILES string of the molecule is CCOC(=O)c1cc(NC(=O)C2(OC)CCCCC2)ccc1O[C@H](C)CC. The Morgan fingerprint density at radius 3 is 2.48 bits per heavy atom. The topological polar surface area (TPSA) is 73.9 Å². The second kappa shape index (κ2) is 9.74. The van der Waals surface area contributed by atoms with Crippen LogP contribution in [0.15, 0.2) is 18.2 Å². The summed E-state index contributed by atoms with van der Waals surface area (Å²) in [5.74, 6) is -0.180. The highest BCUT2D eigenvalue weighted by molar-refractivity contribution is 5.99. The summed E-state index contributed by atoms with van der Waals surface area (Å²) in [5.41, 5.74) is 0.0421. The maximum absolute atomic E-state index is 12.9. The minimum Gasteiger partial charge on any atom is -0.490 e. The first-order chi connectivity index (χ1) is 13.0. The highest BCUT2D eigenvalue weighted by Gasteiger charge is 2.39. The number of nitrogens with one attached hydrogen (secondary N) is 1. The van der Waals surface area contributed by atoms with Crippen LogP contribution in [0.1, 0.15) is 69.7 Å². The van der Waals surface area contributed by atoms with Crippen molar-refractivity contribution in [1.82, 2.24) is 0 Å². The van der Waals surface area contributed by atoms with E-state index in [0.717, 1.165) is 25.7 Å². The maximum Gasteiger partial charge on any atom is 0.341 e. The molecular formula is C21H31NO5. The Bertz CT molecular complexity index is 652. The van der Waals surface area contributed by atoms with Crippen molar-refractivity contribution in [2.24, 2.45) is 0 Å². The Balaban J connectivity index is 2.24. The summed E-state index contributed by atoms with van der Waals surface area (Å²) in [6, 6.07) is 5.05. The molecule has 0 bridgehead atoms. The molecule has 0 aliphatic heterocycles. The molecule has 0 radical (unpaired) electrons. The summed E-state index contributed by atoms with van der Waals surface area (Å²) in [5, 5.41) is 2.91. The summed E-state index contributed by atoms with van der Waals surface area (Å²) in [6.45, 7) is 5.98. The minimum atomic E-state index is -0.797. The van der Waals surface area contributed by atoms with Crippen molar-refractivity contribution in [3.8, 4) is 5.75 Å². The number of carbonyl (C=O) groups is 2. The summed E-state index contributed by atoms with van der Waals surface area (Å²) < 4.78 is 16.6. The second-order valence-corrected chi connectivity index (χ2v) is 6.98. The van der Waals surface area contributed by atoms with Crippen LogP contribution in [0, 0.1) is 0 Å². The van der Waals surface area contributed by atoms with Gasteiger partial charge in [-0.2, -0.15) is 0 Å². The molecule has 1 N–H and O–H groups in total. The summed E-state index contributed by atoms with van der Waals surface area (Å²) in [4.78, 5) is 25.2. The lowest BCUT2D eigenvalue weighted by Crippen LogP contribution is -2.46. The molecule has 6 heteroatoms. The van der Waals surface area contributed by atoms with Crippen molar-refractivity contribution in [1.29, 1.82) is 0 Å². The summed E-state index contributed by atoms with van der Waals surface area (Å²) in [6.07, 6.45) is 5.25. The lowest BCUT2D eigenvalue weighted by Gasteiger charge is -2.34. The van der Waals surface area contributed by atoms with Crippen LogP contribution in [0.4, 0.5) is 5.69 Å². The molecule has 0 unspecified atom stereocenters. The molecule has 0 spiro atoms. The van der Waals surface area contributed by atoms with E-state index in [1.54, 1.807) is 32.2 Å². The highest BCUT2D eigenvalue weighted by Crippen LogP contribution is 2.33. The molecule has 1 aromatic rings. The van der Waals surface area contributed by atoms with Gasteiger partial charge in [0.1, 0.15) is 16.9 Å². The number of hydrogen-bond donors (Lipinski definition) is 1. The number of rotatable bonds is 8. The van der Waals surface area contributed by atoms with E-state index in [0.29, 0.717) is 29.8 Å². The van der Waals surface area contributed by atoms with Crippen LogP contribution in [-0.4, -0.2) is 37.3 Å². The fourth-order valence-corrected chi connectivity index (χ4v) is 3.27. The van der Waals surface area contributed by atoms with Gasteiger partial charge in [0.25, 0.3) is 5.91 Å². The number of anilines is 1. The van der Waals surface area contributed by atoms with Crippen LogP contribution < -0.4 is 10.1 Å². The molecular weight excluding hydrogens is 346 g/mol. The van der Waals surface area contributed by atoms with Crippen LogP contribution >= 0.6 is 0 Å². The van der Waals surface area contributed by atoms with Gasteiger partial charge in [0, 0.05) is 12.8 Å². The lowest BCUT2D eigenvalue weighted by molar-refractivity contribution is -0.141. The van der Waals surface area contributed by atoms with Crippen LogP contribution in [0.3, 0.4) is 0 Å². The van der Waals surface area contributed by atoms with Gasteiger partial charge in [-0.15, -0.1) is 0 Å². The molecule has 1 fully saturated rings. The standard InChI is InChI=1S/C21H31NO5/c1-5-15(3)27-18-11-10-16(14-17(18)19(23)26-6-2)22-20(24)21(25-4)12-8-7-9-13-21/h10-11,14-15H,5-9,12-13H2,1-4H3,(H,22,24)/t15-/m1/s1. The third kappa shape index (κ3) is 5.22. The average molecular weight is 377 g/mol. The number of methoxy groups -OCH3 is 1. The molecule has 1 aliphatic carbocycles. The van der Waals surface area contributed by atoms with E-state index >= 15 is 0 Å². The van der Waals surface area contributed by atoms with E-state index < -0.39 is 11.6 Å². The molecule has 0 aromatic heterocycles. The van der Waals surface area contributed by atoms with Crippen LogP contribution in [0.2, 0.25) is 0 Å². The Morgan fingerprint density at radius 2 is 1.89 bits per heavy atom. The Hall–Kier alpha value is -2.08. The van der Waals surface area contributed by atoms with Gasteiger partial charge in [-0.3, -0.25) is 4.79 Å². The molecule has 150 valence electrons. The summed E-state index contributed by atoms with van der Waals surface area (Å²) >= 11 is 0. The van der Waals surface area contributed by atoms with Crippen molar-refractivity contribution in [3.63, 3.8) is 0 Å². The van der Waals surface area contributed by atoms with E-state index in [1.807, 2.05) is 13.8 Å². The largest absolute Gasteiger partial charge is 0.490 e. The van der Waals surface area contributed by atoms with Crippen molar-refractivity contribution >= 4 is 17.6 Å². The summed E-state index contributed by atoms with van der Waals surface area (Å²) in [7, 11) is 1.58. The average Bonchev–Trinajstić information content (AvgIpc) is 2.69. The van der Waals surface area contributed by atoms with Crippen LogP contribution in [-0.2, 0) is 14.3 Å². The van der Waals surface area contributed by atoms with E-state index in [1.165, 1.54) is 0 Å². The van der Waals surface area contributed by atoms with Gasteiger partial charge in [0.2, 0.25) is 0 Å². The maximum atomic E-state index is 12.9. The molecule has 2 rings (SSSR count). The first kappa shape index (κ1) is 21.2. The Labute approximate surface area is 161 Å². The molecule has 1 atom stereocenters. The van der Waals surface area contributed by atoms with Gasteiger partial charge in [-0.1, -0.05) is 26.2 Å². The number of esters is 1. The van der Waals surface area contributed by atoms with E-state index in [2.05, 4.69) is 5.32 Å². The van der Waals surface area contributed by atoms with Gasteiger partial charge in [0.05, 0.1) is 12.7 Å². The predicted octanol–water partition coefficient (Wildman–Crippen LogP) is 4.33. The zero-order valence-corrected chi connectivity index (χ0v) is 16.8. The first-order valence-electron chi connectivity index (χ1n) is 9.80. The zero-order valence-electron chi connectivity index (χ0n) is 16.8. The zero-order chi connectivity index (χ0) is 19.9. The van der Waals surface area contributed by atoms with Crippen molar-refractivity contribution in [2.45, 2.75) is 71.0 Å². The van der Waals surface area contributed by atoms with Crippen LogP contribution in [0.5, 0.6) is 5.75 Å². The van der Waals surface area contributed by atoms with Gasteiger partial charge in [0.15, 0.2) is 0 Å². The molecule has 0 heterocycles. The third-order valence-corrected chi connectivity index (χ3v) is 5.10.